The molecule has 1 aliphatic heterocycles. The molecule has 1 aromatic rings. The third-order valence-electron chi connectivity index (χ3n) is 3.61. The summed E-state index contributed by atoms with van der Waals surface area (Å²) in [5, 5.41) is 2.44. The predicted molar refractivity (Wildman–Crippen MR) is 66.4 cm³/mol. The number of halogens is 2. The van der Waals surface area contributed by atoms with E-state index in [1.165, 1.54) is 0 Å². The maximum absolute atomic E-state index is 13.6. The van der Waals surface area contributed by atoms with Crippen molar-refractivity contribution in [2.24, 2.45) is 5.92 Å². The van der Waals surface area contributed by atoms with E-state index >= 15 is 0 Å². The molecular weight excluding hydrogens is 284 g/mol. The molecule has 7 heteroatoms. The van der Waals surface area contributed by atoms with Crippen LogP contribution in [0.3, 0.4) is 0 Å². The third kappa shape index (κ3) is 2.96. The minimum Gasteiger partial charge on any atom is -0.461 e. The summed E-state index contributed by atoms with van der Waals surface area (Å²) in [4.78, 5) is 22.6. The van der Waals surface area contributed by atoms with Gasteiger partial charge >= 0.3 is 12.1 Å². The molecule has 0 unspecified atom stereocenters. The van der Waals surface area contributed by atoms with Gasteiger partial charge in [0.25, 0.3) is 0 Å². The van der Waals surface area contributed by atoms with Gasteiger partial charge < -0.3 is 14.8 Å². The molecule has 1 amide bonds. The number of hydrogen-bond donors (Lipinski definition) is 1. The van der Waals surface area contributed by atoms with Crippen LogP contribution in [0, 0.1) is 17.6 Å². The summed E-state index contributed by atoms with van der Waals surface area (Å²) >= 11 is 0. The molecule has 21 heavy (non-hydrogen) atoms. The average molecular weight is 297 g/mol. The minimum atomic E-state index is -0.540. The van der Waals surface area contributed by atoms with Crippen molar-refractivity contribution in [2.75, 3.05) is 13.2 Å². The number of rotatable bonds is 4. The molecule has 3 atom stereocenters. The highest BCUT2D eigenvalue weighted by Crippen LogP contribution is 2.49. The van der Waals surface area contributed by atoms with Crippen molar-refractivity contribution in [2.45, 2.75) is 18.4 Å². The molecule has 1 N–H and O–H groups in total. The van der Waals surface area contributed by atoms with Crippen LogP contribution >= 0.6 is 0 Å². The quantitative estimate of drug-likeness (QED) is 0.859. The number of alkyl carbamates (subject to hydrolysis) is 1. The molecule has 112 valence electrons. The number of hydrogen-bond acceptors (Lipinski definition) is 4. The predicted octanol–water partition coefficient (Wildman–Crippen LogP) is 1.72. The van der Waals surface area contributed by atoms with Gasteiger partial charge in [-0.2, -0.15) is 0 Å². The molecule has 0 radical (unpaired) electrons. The van der Waals surface area contributed by atoms with Gasteiger partial charge in [-0.15, -0.1) is 0 Å². The van der Waals surface area contributed by atoms with Crippen molar-refractivity contribution in [3.63, 3.8) is 0 Å². The molecule has 1 aliphatic carbocycles. The Bertz CT molecular complexity index is 592. The molecule has 0 aromatic heterocycles. The number of nitrogens with one attached hydrogen (secondary N) is 1. The summed E-state index contributed by atoms with van der Waals surface area (Å²) < 4.78 is 36.6. The number of carbonyl (C=O) groups excluding carboxylic acids is 2. The maximum atomic E-state index is 13.6. The van der Waals surface area contributed by atoms with E-state index in [0.717, 1.165) is 18.2 Å². The topological polar surface area (TPSA) is 64.6 Å². The first-order valence-corrected chi connectivity index (χ1v) is 6.60. The Hall–Kier alpha value is -2.18. The zero-order valence-corrected chi connectivity index (χ0v) is 11.0. The van der Waals surface area contributed by atoms with Crippen LogP contribution in [0.1, 0.15) is 17.9 Å². The number of cyclic esters (lactones) is 1. The summed E-state index contributed by atoms with van der Waals surface area (Å²) in [6.07, 6.45) is -0.603. The summed E-state index contributed by atoms with van der Waals surface area (Å²) in [5.74, 6) is -2.35. The molecule has 1 heterocycles. The van der Waals surface area contributed by atoms with Gasteiger partial charge in [0.15, 0.2) is 6.10 Å². The lowest BCUT2D eigenvalue weighted by atomic mass is 10.1. The number of ether oxygens (including phenoxy) is 2. The Morgan fingerprint density at radius 1 is 1.43 bits per heavy atom. The highest BCUT2D eigenvalue weighted by molar-refractivity contribution is 5.77. The maximum Gasteiger partial charge on any atom is 0.407 e. The van der Waals surface area contributed by atoms with Gasteiger partial charge in [0.1, 0.15) is 18.2 Å². The van der Waals surface area contributed by atoms with Crippen LogP contribution in [0.25, 0.3) is 0 Å². The summed E-state index contributed by atoms with van der Waals surface area (Å²) in [6, 6.07) is 3.20. The highest BCUT2D eigenvalue weighted by Gasteiger charge is 2.46. The molecular formula is C14H13F2NO4. The van der Waals surface area contributed by atoms with E-state index in [1.54, 1.807) is 0 Å². The van der Waals surface area contributed by atoms with Crippen LogP contribution in [-0.2, 0) is 14.3 Å². The Labute approximate surface area is 119 Å². The fourth-order valence-corrected chi connectivity index (χ4v) is 2.40. The van der Waals surface area contributed by atoms with Crippen molar-refractivity contribution in [1.82, 2.24) is 5.32 Å². The molecule has 3 rings (SSSR count). The van der Waals surface area contributed by atoms with Crippen molar-refractivity contribution in [1.29, 1.82) is 0 Å². The number of amides is 1. The molecule has 0 bridgehead atoms. The van der Waals surface area contributed by atoms with Gasteiger partial charge in [-0.3, -0.25) is 4.79 Å². The second kappa shape index (κ2) is 5.31. The first-order chi connectivity index (χ1) is 10.0. The Balaban J connectivity index is 1.53. The van der Waals surface area contributed by atoms with Crippen LogP contribution < -0.4 is 5.32 Å². The van der Waals surface area contributed by atoms with Crippen molar-refractivity contribution >= 4 is 12.1 Å². The van der Waals surface area contributed by atoms with Crippen molar-refractivity contribution in [3.05, 3.63) is 35.4 Å². The number of benzene rings is 1. The van der Waals surface area contributed by atoms with E-state index in [4.69, 9.17) is 9.47 Å². The van der Waals surface area contributed by atoms with E-state index in [9.17, 15) is 18.4 Å². The van der Waals surface area contributed by atoms with Gasteiger partial charge in [-0.25, -0.2) is 13.6 Å². The smallest absolute Gasteiger partial charge is 0.407 e. The lowest BCUT2D eigenvalue weighted by molar-refractivity contribution is -0.147. The van der Waals surface area contributed by atoms with Crippen molar-refractivity contribution in [3.8, 4) is 0 Å². The Morgan fingerprint density at radius 2 is 2.24 bits per heavy atom. The van der Waals surface area contributed by atoms with Gasteiger partial charge in [-0.1, -0.05) is 0 Å². The van der Waals surface area contributed by atoms with E-state index in [0.29, 0.717) is 13.0 Å². The fourth-order valence-electron chi connectivity index (χ4n) is 2.40. The van der Waals surface area contributed by atoms with Crippen LogP contribution in [-0.4, -0.2) is 31.3 Å². The fraction of sp³-hybridized carbons (Fsp3) is 0.429. The van der Waals surface area contributed by atoms with E-state index in [2.05, 4.69) is 5.32 Å². The summed E-state index contributed by atoms with van der Waals surface area (Å²) in [5.41, 5.74) is 0.200. The number of carbonyl (C=O) groups is 2. The molecule has 0 spiro atoms. The zero-order chi connectivity index (χ0) is 15.0. The second-order valence-electron chi connectivity index (χ2n) is 5.15. The third-order valence-corrected chi connectivity index (χ3v) is 3.61. The Morgan fingerprint density at radius 3 is 2.95 bits per heavy atom. The van der Waals surface area contributed by atoms with Gasteiger partial charge in [0.05, 0.1) is 12.5 Å². The van der Waals surface area contributed by atoms with Crippen LogP contribution in [0.4, 0.5) is 13.6 Å². The molecule has 1 saturated heterocycles. The monoisotopic (exact) mass is 297 g/mol. The second-order valence-corrected chi connectivity index (χ2v) is 5.15. The molecule has 2 aliphatic rings. The van der Waals surface area contributed by atoms with Crippen LogP contribution in [0.5, 0.6) is 0 Å². The van der Waals surface area contributed by atoms with Crippen molar-refractivity contribution < 1.29 is 27.8 Å². The molecule has 5 nitrogen and oxygen atoms in total. The van der Waals surface area contributed by atoms with Crippen LogP contribution in [0.15, 0.2) is 18.2 Å². The lowest BCUT2D eigenvalue weighted by Gasteiger charge is -2.09. The van der Waals surface area contributed by atoms with E-state index in [1.807, 2.05) is 0 Å². The largest absolute Gasteiger partial charge is 0.461 e. The molecule has 2 fully saturated rings. The minimum absolute atomic E-state index is 0.0353. The highest BCUT2D eigenvalue weighted by atomic mass is 19.1. The van der Waals surface area contributed by atoms with Crippen LogP contribution in [0.2, 0.25) is 0 Å². The van der Waals surface area contributed by atoms with Gasteiger partial charge in [0, 0.05) is 5.92 Å². The average Bonchev–Trinajstić information content (AvgIpc) is 3.14. The summed E-state index contributed by atoms with van der Waals surface area (Å²) in [6.45, 7) is 0.255. The zero-order valence-electron chi connectivity index (χ0n) is 11.0. The Kier molecular flexibility index (Phi) is 3.48. The molecule has 1 saturated carbocycles. The first-order valence-electron chi connectivity index (χ1n) is 6.60. The van der Waals surface area contributed by atoms with E-state index in [-0.39, 0.29) is 18.1 Å². The van der Waals surface area contributed by atoms with Gasteiger partial charge in [-0.05, 0) is 30.2 Å². The number of esters is 1. The summed E-state index contributed by atoms with van der Waals surface area (Å²) in [7, 11) is 0. The van der Waals surface area contributed by atoms with Gasteiger partial charge in [0.2, 0.25) is 0 Å². The SMILES string of the molecule is O=C1NC[C@H](COC(=O)[C@H]2C[C@H]2c2cc(F)ccc2F)O1. The standard InChI is InChI=1S/C14H13F2NO4/c15-7-1-2-12(16)10(3-7)9-4-11(9)13(18)20-6-8-5-17-14(19)21-8/h1-3,8-9,11H,4-6H2,(H,17,19)/t8-,9+,11+/m1/s1. The first kappa shape index (κ1) is 13.8. The molecule has 1 aromatic carbocycles. The van der Waals surface area contributed by atoms with E-state index < -0.39 is 35.7 Å². The lowest BCUT2D eigenvalue weighted by Crippen LogP contribution is -2.23. The normalized spacial score (nSPS) is 27.0.